The first-order chi connectivity index (χ1) is 10.4. The fourth-order valence-corrected chi connectivity index (χ4v) is 2.54. The van der Waals surface area contributed by atoms with Crippen LogP contribution in [0, 0.1) is 0 Å². The van der Waals surface area contributed by atoms with Crippen molar-refractivity contribution in [3.63, 3.8) is 0 Å². The molecular formula is C13H14N8. The highest BCUT2D eigenvalue weighted by atomic mass is 15.3. The first-order valence-corrected chi connectivity index (χ1v) is 6.83. The van der Waals surface area contributed by atoms with E-state index in [1.54, 1.807) is 24.9 Å². The van der Waals surface area contributed by atoms with E-state index in [9.17, 15) is 0 Å². The lowest BCUT2D eigenvalue weighted by molar-refractivity contribution is 0.634. The van der Waals surface area contributed by atoms with Crippen LogP contribution in [0.25, 0.3) is 5.65 Å². The summed E-state index contributed by atoms with van der Waals surface area (Å²) in [7, 11) is 0. The molecule has 0 aliphatic carbocycles. The number of aromatic nitrogens is 6. The zero-order valence-electron chi connectivity index (χ0n) is 11.4. The van der Waals surface area contributed by atoms with E-state index in [0.29, 0.717) is 0 Å². The Morgan fingerprint density at radius 1 is 0.857 bits per heavy atom. The Balaban J connectivity index is 1.54. The molecule has 21 heavy (non-hydrogen) atoms. The maximum absolute atomic E-state index is 4.45. The van der Waals surface area contributed by atoms with Gasteiger partial charge in [0.25, 0.3) is 0 Å². The fourth-order valence-electron chi connectivity index (χ4n) is 2.54. The third kappa shape index (κ3) is 2.14. The molecule has 1 aliphatic heterocycles. The van der Waals surface area contributed by atoms with Gasteiger partial charge in [-0.05, 0) is 6.07 Å². The highest BCUT2D eigenvalue weighted by Gasteiger charge is 2.21. The molecule has 1 saturated heterocycles. The summed E-state index contributed by atoms with van der Waals surface area (Å²) in [5.41, 5.74) is 0.793. The Labute approximate surface area is 121 Å². The quantitative estimate of drug-likeness (QED) is 0.666. The molecule has 4 heterocycles. The third-order valence-corrected chi connectivity index (χ3v) is 3.61. The van der Waals surface area contributed by atoms with Crippen LogP contribution >= 0.6 is 0 Å². The number of hydrogen-bond donors (Lipinski definition) is 0. The summed E-state index contributed by atoms with van der Waals surface area (Å²) in [6, 6.07) is 1.83. The lowest BCUT2D eigenvalue weighted by Gasteiger charge is -2.35. The molecule has 1 fully saturated rings. The summed E-state index contributed by atoms with van der Waals surface area (Å²) in [4.78, 5) is 17.5. The van der Waals surface area contributed by atoms with Crippen molar-refractivity contribution in [1.82, 2.24) is 29.5 Å². The monoisotopic (exact) mass is 282 g/mol. The minimum atomic E-state index is 0.783. The van der Waals surface area contributed by atoms with Gasteiger partial charge in [-0.15, -0.1) is 10.2 Å². The van der Waals surface area contributed by atoms with Gasteiger partial charge < -0.3 is 9.80 Å². The van der Waals surface area contributed by atoms with Crippen LogP contribution in [0.3, 0.4) is 0 Å². The maximum atomic E-state index is 4.45. The van der Waals surface area contributed by atoms with Gasteiger partial charge in [0.05, 0.1) is 0 Å². The van der Waals surface area contributed by atoms with Crippen molar-refractivity contribution in [3.05, 3.63) is 37.2 Å². The molecule has 4 rings (SSSR count). The normalized spacial score (nSPS) is 15.6. The van der Waals surface area contributed by atoms with Crippen molar-refractivity contribution in [2.75, 3.05) is 36.0 Å². The minimum absolute atomic E-state index is 0.783. The summed E-state index contributed by atoms with van der Waals surface area (Å²) in [5, 5.41) is 8.08. The molecule has 3 aromatic heterocycles. The predicted octanol–water partition coefficient (Wildman–Crippen LogP) is 0.241. The molecule has 0 bridgehead atoms. The summed E-state index contributed by atoms with van der Waals surface area (Å²) in [5.74, 6) is 1.66. The second-order valence-corrected chi connectivity index (χ2v) is 4.84. The lowest BCUT2D eigenvalue weighted by atomic mass is 10.3. The molecule has 3 aromatic rings. The zero-order valence-corrected chi connectivity index (χ0v) is 11.4. The average molecular weight is 282 g/mol. The van der Waals surface area contributed by atoms with Crippen LogP contribution in [0.1, 0.15) is 0 Å². The molecule has 0 N–H and O–H groups in total. The molecule has 8 nitrogen and oxygen atoms in total. The van der Waals surface area contributed by atoms with Gasteiger partial charge in [0, 0.05) is 51.0 Å². The topological polar surface area (TPSA) is 75.3 Å². The smallest absolute Gasteiger partial charge is 0.225 e. The SMILES string of the molecule is c1cnc(N2CCN(c3nccn4cnnc34)CC2)nc1. The number of hydrogen-bond acceptors (Lipinski definition) is 7. The van der Waals surface area contributed by atoms with E-state index in [4.69, 9.17) is 0 Å². The van der Waals surface area contributed by atoms with Crippen molar-refractivity contribution in [3.8, 4) is 0 Å². The van der Waals surface area contributed by atoms with E-state index in [2.05, 4.69) is 34.9 Å². The van der Waals surface area contributed by atoms with E-state index in [1.807, 2.05) is 16.7 Å². The standard InChI is InChI=1S/C13H14N8/c1-2-15-13(16-3-1)20-8-6-19(7-9-20)11-12-18-17-10-21(12)5-4-14-11/h1-5,10H,6-9H2. The summed E-state index contributed by atoms with van der Waals surface area (Å²) < 4.78 is 1.88. The lowest BCUT2D eigenvalue weighted by Crippen LogP contribution is -2.47. The van der Waals surface area contributed by atoms with Crippen molar-refractivity contribution < 1.29 is 0 Å². The van der Waals surface area contributed by atoms with Crippen LogP contribution in [-0.2, 0) is 0 Å². The molecule has 0 spiro atoms. The van der Waals surface area contributed by atoms with Gasteiger partial charge in [-0.3, -0.25) is 4.40 Å². The van der Waals surface area contributed by atoms with Gasteiger partial charge in [0.2, 0.25) is 11.6 Å². The highest BCUT2D eigenvalue weighted by Crippen LogP contribution is 2.19. The summed E-state index contributed by atoms with van der Waals surface area (Å²) >= 11 is 0. The van der Waals surface area contributed by atoms with Crippen LogP contribution in [0.2, 0.25) is 0 Å². The first kappa shape index (κ1) is 12.0. The van der Waals surface area contributed by atoms with Crippen LogP contribution in [0.5, 0.6) is 0 Å². The predicted molar refractivity (Wildman–Crippen MR) is 77.2 cm³/mol. The number of nitrogens with zero attached hydrogens (tertiary/aromatic N) is 8. The Morgan fingerprint density at radius 2 is 1.62 bits per heavy atom. The van der Waals surface area contributed by atoms with Crippen LogP contribution in [0.15, 0.2) is 37.2 Å². The van der Waals surface area contributed by atoms with Crippen LogP contribution in [0.4, 0.5) is 11.8 Å². The molecule has 0 amide bonds. The Bertz CT molecular complexity index is 732. The molecule has 0 radical (unpaired) electrons. The minimum Gasteiger partial charge on any atom is -0.350 e. The Kier molecular flexibility index (Phi) is 2.84. The van der Waals surface area contributed by atoms with Crippen molar-refractivity contribution in [2.45, 2.75) is 0 Å². The second kappa shape index (κ2) is 4.97. The first-order valence-electron chi connectivity index (χ1n) is 6.83. The zero-order chi connectivity index (χ0) is 14.1. The molecule has 0 saturated carbocycles. The Hall–Kier alpha value is -2.77. The molecule has 0 aromatic carbocycles. The summed E-state index contributed by atoms with van der Waals surface area (Å²) in [6.07, 6.45) is 8.86. The number of anilines is 2. The second-order valence-electron chi connectivity index (χ2n) is 4.84. The average Bonchev–Trinajstić information content (AvgIpc) is 3.04. The van der Waals surface area contributed by atoms with Gasteiger partial charge in [0.1, 0.15) is 6.33 Å². The molecule has 8 heteroatoms. The van der Waals surface area contributed by atoms with Crippen molar-refractivity contribution in [1.29, 1.82) is 0 Å². The van der Waals surface area contributed by atoms with E-state index in [1.165, 1.54) is 0 Å². The maximum Gasteiger partial charge on any atom is 0.225 e. The van der Waals surface area contributed by atoms with Gasteiger partial charge >= 0.3 is 0 Å². The molecule has 1 aliphatic rings. The van der Waals surface area contributed by atoms with E-state index >= 15 is 0 Å². The number of rotatable bonds is 2. The van der Waals surface area contributed by atoms with E-state index in [0.717, 1.165) is 43.6 Å². The van der Waals surface area contributed by atoms with Gasteiger partial charge in [-0.2, -0.15) is 0 Å². The van der Waals surface area contributed by atoms with Gasteiger partial charge in [-0.25, -0.2) is 15.0 Å². The van der Waals surface area contributed by atoms with E-state index in [-0.39, 0.29) is 0 Å². The number of fused-ring (bicyclic) bond motifs is 1. The van der Waals surface area contributed by atoms with Gasteiger partial charge in [0.15, 0.2) is 5.82 Å². The molecule has 0 atom stereocenters. The largest absolute Gasteiger partial charge is 0.350 e. The molecule has 0 unspecified atom stereocenters. The van der Waals surface area contributed by atoms with Crippen LogP contribution < -0.4 is 9.80 Å². The third-order valence-electron chi connectivity index (χ3n) is 3.61. The summed E-state index contributed by atoms with van der Waals surface area (Å²) in [6.45, 7) is 3.44. The van der Waals surface area contributed by atoms with Crippen molar-refractivity contribution >= 4 is 17.4 Å². The Morgan fingerprint density at radius 3 is 2.43 bits per heavy atom. The molecule has 106 valence electrons. The van der Waals surface area contributed by atoms with Gasteiger partial charge in [-0.1, -0.05) is 0 Å². The number of piperazine rings is 1. The van der Waals surface area contributed by atoms with E-state index < -0.39 is 0 Å². The van der Waals surface area contributed by atoms with Crippen LogP contribution in [-0.4, -0.2) is 55.7 Å². The highest BCUT2D eigenvalue weighted by molar-refractivity contribution is 5.63. The molecular weight excluding hydrogens is 268 g/mol. The van der Waals surface area contributed by atoms with Crippen molar-refractivity contribution in [2.24, 2.45) is 0 Å². The fraction of sp³-hybridized carbons (Fsp3) is 0.308.